The lowest BCUT2D eigenvalue weighted by Crippen LogP contribution is -2.40. The molecule has 1 aliphatic carbocycles. The van der Waals surface area contributed by atoms with E-state index in [0.717, 1.165) is 34.0 Å². The van der Waals surface area contributed by atoms with Gasteiger partial charge in [0.1, 0.15) is 17.8 Å². The van der Waals surface area contributed by atoms with Crippen LogP contribution in [0.5, 0.6) is 0 Å². The summed E-state index contributed by atoms with van der Waals surface area (Å²) in [4.78, 5) is 13.7. The Labute approximate surface area is 145 Å². The zero-order chi connectivity index (χ0) is 17.8. The van der Waals surface area contributed by atoms with Crippen molar-refractivity contribution in [1.29, 1.82) is 0 Å². The highest BCUT2D eigenvalue weighted by atomic mass is 32.2. The number of hydrogen-bond acceptors (Lipinski definition) is 5. The Hall–Kier alpha value is -1.52. The molecule has 0 radical (unpaired) electrons. The van der Waals surface area contributed by atoms with Crippen LogP contribution in [0.25, 0.3) is 11.0 Å². The average Bonchev–Trinajstić information content (AvgIpc) is 3.25. The van der Waals surface area contributed by atoms with Crippen molar-refractivity contribution < 1.29 is 17.7 Å². The summed E-state index contributed by atoms with van der Waals surface area (Å²) in [5.74, 6) is 1.11. The van der Waals surface area contributed by atoms with Gasteiger partial charge in [-0.05, 0) is 30.7 Å². The van der Waals surface area contributed by atoms with Crippen LogP contribution in [0.4, 0.5) is 19.0 Å². The van der Waals surface area contributed by atoms with Crippen LogP contribution in [0.15, 0.2) is 18.6 Å². The molecule has 0 amide bonds. The lowest BCUT2D eigenvalue weighted by Gasteiger charge is -2.28. The minimum Gasteiger partial charge on any atom is -0.591 e. The Morgan fingerprint density at radius 3 is 2.60 bits per heavy atom. The number of fused-ring (bicyclic) bond motifs is 2. The molecule has 25 heavy (non-hydrogen) atoms. The van der Waals surface area contributed by atoms with Crippen molar-refractivity contribution in [2.45, 2.75) is 24.4 Å². The minimum absolute atomic E-state index is 0.141. The number of nitrogens with zero attached hydrogens (tertiary/aromatic N) is 4. The summed E-state index contributed by atoms with van der Waals surface area (Å²) in [6.07, 6.45) is 4.88. The van der Waals surface area contributed by atoms with Crippen LogP contribution in [0.2, 0.25) is 0 Å². The van der Waals surface area contributed by atoms with Gasteiger partial charge in [0.25, 0.3) is 0 Å². The topological polar surface area (TPSA) is 71.1 Å². The van der Waals surface area contributed by atoms with E-state index in [2.05, 4.69) is 19.9 Å². The number of aromatic amines is 1. The molecule has 0 bridgehead atoms. The van der Waals surface area contributed by atoms with E-state index in [0.29, 0.717) is 0 Å². The van der Waals surface area contributed by atoms with Gasteiger partial charge in [0, 0.05) is 32.4 Å². The van der Waals surface area contributed by atoms with E-state index in [1.54, 1.807) is 0 Å². The number of halogens is 3. The molecule has 2 fully saturated rings. The summed E-state index contributed by atoms with van der Waals surface area (Å²) >= 11 is -2.90. The molecule has 1 saturated carbocycles. The molecule has 2 unspecified atom stereocenters. The van der Waals surface area contributed by atoms with Crippen LogP contribution in [-0.4, -0.2) is 55.5 Å². The van der Waals surface area contributed by atoms with Crippen molar-refractivity contribution in [3.63, 3.8) is 0 Å². The fourth-order valence-corrected chi connectivity index (χ4v) is 5.08. The van der Waals surface area contributed by atoms with Crippen molar-refractivity contribution in [2.75, 3.05) is 25.0 Å². The van der Waals surface area contributed by atoms with E-state index in [1.807, 2.05) is 19.3 Å². The number of alkyl halides is 3. The van der Waals surface area contributed by atoms with E-state index < -0.39 is 16.9 Å². The lowest BCUT2D eigenvalue weighted by atomic mass is 10.0. The molecular formula is C15H18F3N5OS. The average molecular weight is 373 g/mol. The first-order chi connectivity index (χ1) is 11.8. The second-order valence-electron chi connectivity index (χ2n) is 6.74. The van der Waals surface area contributed by atoms with Crippen molar-refractivity contribution in [3.8, 4) is 0 Å². The number of aromatic nitrogens is 3. The summed E-state index contributed by atoms with van der Waals surface area (Å²) in [6, 6.07) is 2.13. The largest absolute Gasteiger partial charge is 0.593 e. The van der Waals surface area contributed by atoms with E-state index in [1.165, 1.54) is 6.33 Å². The number of H-pyrrole nitrogens is 1. The van der Waals surface area contributed by atoms with Gasteiger partial charge in [-0.1, -0.05) is 0 Å². The molecule has 4 rings (SSSR count). The van der Waals surface area contributed by atoms with Crippen LogP contribution < -0.4 is 4.90 Å². The van der Waals surface area contributed by atoms with E-state index in [-0.39, 0.29) is 31.0 Å². The molecule has 0 aromatic carbocycles. The highest BCUT2D eigenvalue weighted by molar-refractivity contribution is 7.90. The monoisotopic (exact) mass is 373 g/mol. The first-order valence-corrected chi connectivity index (χ1v) is 9.20. The quantitative estimate of drug-likeness (QED) is 0.836. The molecule has 136 valence electrons. The molecule has 10 heteroatoms. The van der Waals surface area contributed by atoms with Crippen molar-refractivity contribution in [1.82, 2.24) is 19.3 Å². The molecule has 6 nitrogen and oxygen atoms in total. The molecule has 1 aliphatic heterocycles. The SMILES string of the molecule is CN(c1ncnc2[nH]ccc12)[C@H]1CC2CN([S+]([O-])C(F)(F)F)C[C@@H]2C1. The molecule has 2 aromatic heterocycles. The van der Waals surface area contributed by atoms with Gasteiger partial charge in [-0.2, -0.15) is 0 Å². The second kappa shape index (κ2) is 6.03. The van der Waals surface area contributed by atoms with Crippen LogP contribution in [0.1, 0.15) is 12.8 Å². The van der Waals surface area contributed by atoms with Crippen molar-refractivity contribution in [3.05, 3.63) is 18.6 Å². The third-order valence-electron chi connectivity index (χ3n) is 5.34. The Bertz CT molecular complexity index is 755. The summed E-state index contributed by atoms with van der Waals surface area (Å²) in [7, 11) is 1.96. The predicted molar refractivity (Wildman–Crippen MR) is 88.1 cm³/mol. The summed E-state index contributed by atoms with van der Waals surface area (Å²) in [5, 5.41) is 0.932. The Morgan fingerprint density at radius 2 is 1.96 bits per heavy atom. The van der Waals surface area contributed by atoms with E-state index in [4.69, 9.17) is 0 Å². The normalized spacial score (nSPS) is 28.4. The van der Waals surface area contributed by atoms with Crippen molar-refractivity contribution >= 4 is 28.2 Å². The smallest absolute Gasteiger partial charge is 0.591 e. The maximum absolute atomic E-state index is 12.7. The Balaban J connectivity index is 1.46. The second-order valence-corrected chi connectivity index (χ2v) is 8.21. The Kier molecular flexibility index (Phi) is 4.08. The van der Waals surface area contributed by atoms with Gasteiger partial charge in [0.05, 0.1) is 5.39 Å². The van der Waals surface area contributed by atoms with Gasteiger partial charge in [0.15, 0.2) is 11.4 Å². The number of nitrogens with one attached hydrogen (secondary N) is 1. The van der Waals surface area contributed by atoms with Gasteiger partial charge >= 0.3 is 5.51 Å². The number of hydrogen-bond donors (Lipinski definition) is 1. The van der Waals surface area contributed by atoms with Crippen LogP contribution in [0, 0.1) is 11.8 Å². The maximum atomic E-state index is 12.7. The maximum Gasteiger partial charge on any atom is 0.593 e. The molecular weight excluding hydrogens is 355 g/mol. The van der Waals surface area contributed by atoms with Gasteiger partial charge in [-0.3, -0.25) is 0 Å². The Morgan fingerprint density at radius 1 is 1.28 bits per heavy atom. The fourth-order valence-electron chi connectivity index (χ4n) is 4.14. The van der Waals surface area contributed by atoms with Crippen molar-refractivity contribution in [2.24, 2.45) is 11.8 Å². The molecule has 2 aliphatic rings. The summed E-state index contributed by atoms with van der Waals surface area (Å²) in [6.45, 7) is 0.481. The third-order valence-corrected chi connectivity index (χ3v) is 6.50. The molecule has 0 spiro atoms. The number of anilines is 1. The fraction of sp³-hybridized carbons (Fsp3) is 0.600. The van der Waals surface area contributed by atoms with Gasteiger partial charge in [-0.15, -0.1) is 17.5 Å². The predicted octanol–water partition coefficient (Wildman–Crippen LogP) is 2.29. The van der Waals surface area contributed by atoms with Crippen LogP contribution in [0.3, 0.4) is 0 Å². The molecule has 1 N–H and O–H groups in total. The highest BCUT2D eigenvalue weighted by Crippen LogP contribution is 2.43. The van der Waals surface area contributed by atoms with Gasteiger partial charge < -0.3 is 14.4 Å². The zero-order valence-corrected chi connectivity index (χ0v) is 14.3. The summed E-state index contributed by atoms with van der Waals surface area (Å²) in [5.41, 5.74) is -3.91. The third kappa shape index (κ3) is 2.96. The molecule has 2 aromatic rings. The lowest BCUT2D eigenvalue weighted by molar-refractivity contribution is -0.0484. The first kappa shape index (κ1) is 16.9. The van der Waals surface area contributed by atoms with Crippen LogP contribution >= 0.6 is 0 Å². The van der Waals surface area contributed by atoms with Gasteiger partial charge in [0.2, 0.25) is 0 Å². The molecule has 3 heterocycles. The van der Waals surface area contributed by atoms with E-state index in [9.17, 15) is 17.7 Å². The van der Waals surface area contributed by atoms with Gasteiger partial charge in [-0.25, -0.2) is 9.97 Å². The summed E-state index contributed by atoms with van der Waals surface area (Å²) < 4.78 is 50.6. The first-order valence-electron chi connectivity index (χ1n) is 8.09. The van der Waals surface area contributed by atoms with E-state index >= 15 is 0 Å². The zero-order valence-electron chi connectivity index (χ0n) is 13.5. The highest BCUT2D eigenvalue weighted by Gasteiger charge is 2.55. The number of rotatable bonds is 3. The molecule has 1 saturated heterocycles. The van der Waals surface area contributed by atoms with Crippen LogP contribution in [-0.2, 0) is 11.4 Å². The molecule has 4 atom stereocenters. The minimum atomic E-state index is -4.67. The standard InChI is InChI=1S/C15H18F3N5OS/c1-22(14-12-2-3-19-13(12)20-8-21-14)11-4-9-6-23(7-10(9)5-11)25(24)15(16,17)18/h2-3,8-11H,4-7H2,1H3,(H,19,20,21)/t9-,10?,11+,25?/m0/s1.